The molecular weight excluding hydrogens is 264 g/mol. The number of amides is 1. The Labute approximate surface area is 126 Å². The minimum Gasteiger partial charge on any atom is -0.355 e. The minimum atomic E-state index is 0.315. The molecule has 0 aromatic carbocycles. The highest BCUT2D eigenvalue weighted by Crippen LogP contribution is 2.29. The van der Waals surface area contributed by atoms with Gasteiger partial charge in [-0.1, -0.05) is 6.42 Å². The molecule has 114 valence electrons. The number of rotatable bonds is 4. The molecule has 1 aliphatic heterocycles. The first-order chi connectivity index (χ1) is 10.2. The molecule has 0 spiro atoms. The Kier molecular flexibility index (Phi) is 4.36. The third-order valence-corrected chi connectivity index (χ3v) is 4.85. The van der Waals surface area contributed by atoms with E-state index in [2.05, 4.69) is 14.9 Å². The standard InChI is InChI=1S/C16H24N4O/c1-19(16(21)14-3-2-4-14)12-13-5-9-20(10-6-13)15-11-17-7-8-18-15/h7-8,11,13-14H,2-6,9-10,12H2,1H3. The molecule has 0 atom stereocenters. The summed E-state index contributed by atoms with van der Waals surface area (Å²) in [6, 6.07) is 0. The Hall–Kier alpha value is -1.65. The van der Waals surface area contributed by atoms with Crippen molar-refractivity contribution in [2.24, 2.45) is 11.8 Å². The summed E-state index contributed by atoms with van der Waals surface area (Å²) in [7, 11) is 1.97. The number of carbonyl (C=O) groups excluding carboxylic acids is 1. The van der Waals surface area contributed by atoms with Gasteiger partial charge in [-0.3, -0.25) is 9.78 Å². The van der Waals surface area contributed by atoms with Crippen molar-refractivity contribution in [3.63, 3.8) is 0 Å². The summed E-state index contributed by atoms with van der Waals surface area (Å²) in [6.45, 7) is 2.92. The van der Waals surface area contributed by atoms with Crippen LogP contribution in [0.5, 0.6) is 0 Å². The van der Waals surface area contributed by atoms with Crippen LogP contribution >= 0.6 is 0 Å². The average Bonchev–Trinajstić information content (AvgIpc) is 2.47. The second-order valence-corrected chi connectivity index (χ2v) is 6.34. The van der Waals surface area contributed by atoms with Crippen LogP contribution in [0.2, 0.25) is 0 Å². The topological polar surface area (TPSA) is 49.3 Å². The van der Waals surface area contributed by atoms with Gasteiger partial charge in [0.1, 0.15) is 5.82 Å². The number of nitrogens with zero attached hydrogens (tertiary/aromatic N) is 4. The second kappa shape index (κ2) is 6.41. The summed E-state index contributed by atoms with van der Waals surface area (Å²) >= 11 is 0. The third-order valence-electron chi connectivity index (χ3n) is 4.85. The quantitative estimate of drug-likeness (QED) is 0.849. The molecule has 2 aliphatic rings. The van der Waals surface area contributed by atoms with Gasteiger partial charge in [0.15, 0.2) is 0 Å². The fourth-order valence-corrected chi connectivity index (χ4v) is 3.24. The predicted octanol–water partition coefficient (Wildman–Crippen LogP) is 1.95. The highest BCUT2D eigenvalue weighted by atomic mass is 16.2. The normalized spacial score (nSPS) is 20.1. The molecule has 2 fully saturated rings. The van der Waals surface area contributed by atoms with E-state index < -0.39 is 0 Å². The Balaban J connectivity index is 1.46. The van der Waals surface area contributed by atoms with E-state index in [1.165, 1.54) is 6.42 Å². The van der Waals surface area contributed by atoms with Crippen LogP contribution in [0.1, 0.15) is 32.1 Å². The predicted molar refractivity (Wildman–Crippen MR) is 81.9 cm³/mol. The van der Waals surface area contributed by atoms with Gasteiger partial charge in [-0.25, -0.2) is 4.98 Å². The molecule has 0 bridgehead atoms. The lowest BCUT2D eigenvalue weighted by Crippen LogP contribution is -2.42. The lowest BCUT2D eigenvalue weighted by Gasteiger charge is -2.36. The zero-order valence-electron chi connectivity index (χ0n) is 12.7. The maximum Gasteiger partial charge on any atom is 0.225 e. The number of piperidine rings is 1. The molecule has 21 heavy (non-hydrogen) atoms. The molecule has 1 aliphatic carbocycles. The van der Waals surface area contributed by atoms with E-state index in [0.717, 1.165) is 51.1 Å². The van der Waals surface area contributed by atoms with E-state index in [-0.39, 0.29) is 0 Å². The fourth-order valence-electron chi connectivity index (χ4n) is 3.24. The molecule has 2 heterocycles. The van der Waals surface area contributed by atoms with E-state index in [9.17, 15) is 4.79 Å². The Morgan fingerprint density at radius 2 is 2.05 bits per heavy atom. The molecule has 1 saturated heterocycles. The van der Waals surface area contributed by atoms with Gasteiger partial charge in [0.2, 0.25) is 5.91 Å². The average molecular weight is 288 g/mol. The van der Waals surface area contributed by atoms with Gasteiger partial charge in [0.05, 0.1) is 6.20 Å². The highest BCUT2D eigenvalue weighted by Gasteiger charge is 2.29. The van der Waals surface area contributed by atoms with Crippen LogP contribution in [-0.2, 0) is 4.79 Å². The first-order valence-corrected chi connectivity index (χ1v) is 8.00. The van der Waals surface area contributed by atoms with E-state index in [4.69, 9.17) is 0 Å². The molecule has 1 aromatic heterocycles. The lowest BCUT2D eigenvalue weighted by atomic mass is 9.84. The summed E-state index contributed by atoms with van der Waals surface area (Å²) in [5.74, 6) is 2.26. The largest absolute Gasteiger partial charge is 0.355 e. The van der Waals surface area contributed by atoms with Crippen molar-refractivity contribution in [3.05, 3.63) is 18.6 Å². The molecule has 5 heteroatoms. The number of anilines is 1. The summed E-state index contributed by atoms with van der Waals surface area (Å²) < 4.78 is 0. The van der Waals surface area contributed by atoms with Crippen LogP contribution in [0.15, 0.2) is 18.6 Å². The van der Waals surface area contributed by atoms with E-state index in [1.807, 2.05) is 18.1 Å². The SMILES string of the molecule is CN(CC1CCN(c2cnccn2)CC1)C(=O)C1CCC1. The van der Waals surface area contributed by atoms with E-state index in [1.54, 1.807) is 12.4 Å². The third kappa shape index (κ3) is 3.34. The van der Waals surface area contributed by atoms with E-state index in [0.29, 0.717) is 17.7 Å². The zero-order valence-corrected chi connectivity index (χ0v) is 12.7. The zero-order chi connectivity index (χ0) is 14.7. The summed E-state index contributed by atoms with van der Waals surface area (Å²) in [5.41, 5.74) is 0. The number of carbonyl (C=O) groups is 1. The number of hydrogen-bond donors (Lipinski definition) is 0. The summed E-state index contributed by atoms with van der Waals surface area (Å²) in [5, 5.41) is 0. The van der Waals surface area contributed by atoms with Crippen LogP contribution in [0.25, 0.3) is 0 Å². The van der Waals surface area contributed by atoms with Gasteiger partial charge in [-0.05, 0) is 31.6 Å². The Bertz CT molecular complexity index is 466. The van der Waals surface area contributed by atoms with Gasteiger partial charge in [-0.2, -0.15) is 0 Å². The molecular formula is C16H24N4O. The molecule has 1 amide bonds. The van der Waals surface area contributed by atoms with Gasteiger partial charge in [0, 0.05) is 45.0 Å². The van der Waals surface area contributed by atoms with Gasteiger partial charge >= 0.3 is 0 Å². The maximum atomic E-state index is 12.2. The molecule has 0 radical (unpaired) electrons. The maximum absolute atomic E-state index is 12.2. The van der Waals surface area contributed by atoms with Crippen LogP contribution in [0, 0.1) is 11.8 Å². The van der Waals surface area contributed by atoms with Crippen molar-refractivity contribution in [2.45, 2.75) is 32.1 Å². The summed E-state index contributed by atoms with van der Waals surface area (Å²) in [6.07, 6.45) is 10.9. The first kappa shape index (κ1) is 14.3. The van der Waals surface area contributed by atoms with Crippen molar-refractivity contribution in [3.8, 4) is 0 Å². The van der Waals surface area contributed by atoms with Crippen LogP contribution in [0.4, 0.5) is 5.82 Å². The molecule has 5 nitrogen and oxygen atoms in total. The highest BCUT2D eigenvalue weighted by molar-refractivity contribution is 5.79. The smallest absolute Gasteiger partial charge is 0.225 e. The molecule has 0 unspecified atom stereocenters. The number of hydrogen-bond acceptors (Lipinski definition) is 4. The Morgan fingerprint density at radius 3 is 2.62 bits per heavy atom. The van der Waals surface area contributed by atoms with Gasteiger partial charge < -0.3 is 9.80 Å². The Morgan fingerprint density at radius 1 is 1.29 bits per heavy atom. The monoisotopic (exact) mass is 288 g/mol. The number of aromatic nitrogens is 2. The summed E-state index contributed by atoms with van der Waals surface area (Å²) in [4.78, 5) is 24.9. The first-order valence-electron chi connectivity index (χ1n) is 8.00. The fraction of sp³-hybridized carbons (Fsp3) is 0.688. The molecule has 1 aromatic rings. The van der Waals surface area contributed by atoms with Gasteiger partial charge in [-0.15, -0.1) is 0 Å². The molecule has 3 rings (SSSR count). The lowest BCUT2D eigenvalue weighted by molar-refractivity contribution is -0.137. The molecule has 0 N–H and O–H groups in total. The van der Waals surface area contributed by atoms with Crippen molar-refractivity contribution in [1.82, 2.24) is 14.9 Å². The van der Waals surface area contributed by atoms with E-state index >= 15 is 0 Å². The van der Waals surface area contributed by atoms with Crippen LogP contribution in [0.3, 0.4) is 0 Å². The van der Waals surface area contributed by atoms with Crippen LogP contribution in [-0.4, -0.2) is 47.5 Å². The van der Waals surface area contributed by atoms with Crippen molar-refractivity contribution in [1.29, 1.82) is 0 Å². The second-order valence-electron chi connectivity index (χ2n) is 6.34. The molecule has 1 saturated carbocycles. The van der Waals surface area contributed by atoms with Crippen LogP contribution < -0.4 is 4.90 Å². The van der Waals surface area contributed by atoms with Crippen molar-refractivity contribution < 1.29 is 4.79 Å². The van der Waals surface area contributed by atoms with Crippen molar-refractivity contribution >= 4 is 11.7 Å². The van der Waals surface area contributed by atoms with Crippen molar-refractivity contribution in [2.75, 3.05) is 31.6 Å². The minimum absolute atomic E-state index is 0.315. The van der Waals surface area contributed by atoms with Gasteiger partial charge in [0.25, 0.3) is 0 Å².